The molecule has 1 aliphatic heterocycles. The zero-order chi connectivity index (χ0) is 22.8. The molecule has 3 N–H and O–H groups in total. The van der Waals surface area contributed by atoms with Crippen molar-refractivity contribution in [3.63, 3.8) is 0 Å². The van der Waals surface area contributed by atoms with Gasteiger partial charge in [0.25, 0.3) is 0 Å². The van der Waals surface area contributed by atoms with Crippen molar-refractivity contribution in [2.24, 2.45) is 0 Å². The van der Waals surface area contributed by atoms with Crippen molar-refractivity contribution in [3.8, 4) is 0 Å². The highest BCUT2D eigenvalue weighted by Crippen LogP contribution is 2.36. The summed E-state index contributed by atoms with van der Waals surface area (Å²) >= 11 is 0. The lowest BCUT2D eigenvalue weighted by Gasteiger charge is -2.37. The minimum absolute atomic E-state index is 0.110. The Morgan fingerprint density at radius 3 is 2.70 bits per heavy atom. The average molecular weight is 444 g/mol. The van der Waals surface area contributed by atoms with Gasteiger partial charge in [-0.2, -0.15) is 0 Å². The Morgan fingerprint density at radius 1 is 1.12 bits per heavy atom. The quantitative estimate of drug-likeness (QED) is 0.637. The number of allylic oxidation sites excluding steroid dienone is 1. The van der Waals surface area contributed by atoms with Crippen LogP contribution < -0.4 is 5.73 Å². The molecule has 8 nitrogen and oxygen atoms in total. The minimum Gasteiger partial charge on any atom is -0.445 e. The Kier molecular flexibility index (Phi) is 5.51. The van der Waals surface area contributed by atoms with E-state index in [1.807, 2.05) is 42.5 Å². The topological polar surface area (TPSA) is 114 Å². The molecule has 1 fully saturated rings. The first-order valence-corrected chi connectivity index (χ1v) is 11.0. The number of aromatic nitrogens is 3. The van der Waals surface area contributed by atoms with Gasteiger partial charge in [0.15, 0.2) is 0 Å². The second-order valence-electron chi connectivity index (χ2n) is 8.38. The van der Waals surface area contributed by atoms with E-state index in [1.165, 1.54) is 0 Å². The van der Waals surface area contributed by atoms with Crippen molar-refractivity contribution in [3.05, 3.63) is 89.0 Å². The van der Waals surface area contributed by atoms with Crippen LogP contribution in [0, 0.1) is 0 Å². The van der Waals surface area contributed by atoms with Gasteiger partial charge >= 0.3 is 6.09 Å². The van der Waals surface area contributed by atoms with Gasteiger partial charge in [-0.25, -0.2) is 14.8 Å². The lowest BCUT2D eigenvalue weighted by molar-refractivity contribution is -0.0287. The molecule has 0 radical (unpaired) electrons. The highest BCUT2D eigenvalue weighted by atomic mass is 16.6. The van der Waals surface area contributed by atoms with E-state index in [0.29, 0.717) is 37.3 Å². The number of fused-ring (bicyclic) bond motifs is 1. The monoisotopic (exact) mass is 443 g/mol. The number of hydrogen-bond donors (Lipinski definition) is 2. The molecule has 2 aliphatic rings. The largest absolute Gasteiger partial charge is 0.445 e. The van der Waals surface area contributed by atoms with E-state index in [4.69, 9.17) is 10.5 Å². The third-order valence-electron chi connectivity index (χ3n) is 6.23. The summed E-state index contributed by atoms with van der Waals surface area (Å²) in [4.78, 5) is 27.3. The number of carbonyl (C=O) groups excluding carboxylic acids is 1. The molecule has 0 saturated carbocycles. The van der Waals surface area contributed by atoms with E-state index in [2.05, 4.69) is 21.0 Å². The number of anilines is 1. The van der Waals surface area contributed by atoms with Crippen molar-refractivity contribution in [2.45, 2.75) is 31.5 Å². The summed E-state index contributed by atoms with van der Waals surface area (Å²) in [6, 6.07) is 15.2. The normalized spacial score (nSPS) is 16.8. The highest BCUT2D eigenvalue weighted by Gasteiger charge is 2.38. The first kappa shape index (κ1) is 21.1. The van der Waals surface area contributed by atoms with Crippen LogP contribution in [0.1, 0.15) is 41.1 Å². The van der Waals surface area contributed by atoms with Crippen LogP contribution in [-0.4, -0.2) is 44.1 Å². The smallest absolute Gasteiger partial charge is 0.410 e. The second kappa shape index (κ2) is 8.63. The summed E-state index contributed by atoms with van der Waals surface area (Å²) in [5, 5.41) is 11.4. The summed E-state index contributed by atoms with van der Waals surface area (Å²) in [6.45, 7) is 0.940. The van der Waals surface area contributed by atoms with Crippen molar-refractivity contribution in [2.75, 3.05) is 18.8 Å². The van der Waals surface area contributed by atoms with Crippen molar-refractivity contribution >= 4 is 17.6 Å². The SMILES string of the molecule is Nc1nc(C2=CCc3ncccc32)cc(C2(O)CCN(C(=O)OCc3ccccc3)CC2)n1. The maximum absolute atomic E-state index is 12.5. The molecule has 1 aliphatic carbocycles. The maximum Gasteiger partial charge on any atom is 0.410 e. The van der Waals surface area contributed by atoms with Crippen molar-refractivity contribution in [1.82, 2.24) is 19.9 Å². The van der Waals surface area contributed by atoms with Gasteiger partial charge in [0.2, 0.25) is 5.95 Å². The molecule has 1 amide bonds. The van der Waals surface area contributed by atoms with Gasteiger partial charge in [-0.15, -0.1) is 0 Å². The minimum atomic E-state index is -1.20. The van der Waals surface area contributed by atoms with E-state index in [-0.39, 0.29) is 18.6 Å². The van der Waals surface area contributed by atoms with Gasteiger partial charge in [-0.05, 0) is 30.5 Å². The summed E-state index contributed by atoms with van der Waals surface area (Å²) < 4.78 is 5.43. The number of amides is 1. The molecular formula is C25H25N5O3. The number of rotatable bonds is 4. The zero-order valence-electron chi connectivity index (χ0n) is 18.1. The fourth-order valence-electron chi connectivity index (χ4n) is 4.37. The van der Waals surface area contributed by atoms with Gasteiger partial charge in [-0.1, -0.05) is 42.5 Å². The number of likely N-dealkylation sites (tertiary alicyclic amines) is 1. The number of nitrogen functional groups attached to an aromatic ring is 1. The van der Waals surface area contributed by atoms with E-state index in [1.54, 1.807) is 17.2 Å². The van der Waals surface area contributed by atoms with E-state index in [0.717, 1.165) is 28.8 Å². The van der Waals surface area contributed by atoms with Crippen LogP contribution in [0.25, 0.3) is 5.57 Å². The van der Waals surface area contributed by atoms with Crippen LogP contribution in [0.15, 0.2) is 60.8 Å². The fraction of sp³-hybridized carbons (Fsp3) is 0.280. The predicted molar refractivity (Wildman–Crippen MR) is 123 cm³/mol. The molecule has 8 heteroatoms. The Hall–Kier alpha value is -3.78. The van der Waals surface area contributed by atoms with Gasteiger partial charge in [0.1, 0.15) is 12.2 Å². The summed E-state index contributed by atoms with van der Waals surface area (Å²) in [5.41, 5.74) is 9.85. The molecule has 0 unspecified atom stereocenters. The molecule has 3 aromatic rings. The highest BCUT2D eigenvalue weighted by molar-refractivity contribution is 5.82. The van der Waals surface area contributed by atoms with Gasteiger partial charge in [0.05, 0.1) is 17.1 Å². The standard InChI is InChI=1S/C25H25N5O3/c26-23-28-21(19-8-9-20-18(19)7-4-12-27-20)15-22(29-23)25(32)10-13-30(14-11-25)24(31)33-16-17-5-2-1-3-6-17/h1-8,12,15,32H,9-11,13-14,16H2,(H2,26,28,29). The van der Waals surface area contributed by atoms with Gasteiger partial charge < -0.3 is 20.5 Å². The molecule has 0 bridgehead atoms. The van der Waals surface area contributed by atoms with Crippen molar-refractivity contribution < 1.29 is 14.6 Å². The van der Waals surface area contributed by atoms with E-state index < -0.39 is 5.60 Å². The summed E-state index contributed by atoms with van der Waals surface area (Å²) in [5.74, 6) is 0.110. The number of nitrogens with zero attached hydrogens (tertiary/aromatic N) is 4. The van der Waals surface area contributed by atoms with Crippen LogP contribution in [0.5, 0.6) is 0 Å². The van der Waals surface area contributed by atoms with Crippen LogP contribution in [-0.2, 0) is 23.4 Å². The van der Waals surface area contributed by atoms with Gasteiger partial charge in [0, 0.05) is 36.8 Å². The Morgan fingerprint density at radius 2 is 1.91 bits per heavy atom. The molecule has 168 valence electrons. The lowest BCUT2D eigenvalue weighted by atomic mass is 9.87. The predicted octanol–water partition coefficient (Wildman–Crippen LogP) is 3.06. The van der Waals surface area contributed by atoms with Crippen molar-refractivity contribution in [1.29, 1.82) is 0 Å². The molecular weight excluding hydrogens is 418 g/mol. The molecule has 1 aromatic carbocycles. The summed E-state index contributed by atoms with van der Waals surface area (Å²) in [6.07, 6.45) is 4.86. The second-order valence-corrected chi connectivity index (χ2v) is 8.38. The zero-order valence-corrected chi connectivity index (χ0v) is 18.1. The summed E-state index contributed by atoms with van der Waals surface area (Å²) in [7, 11) is 0. The van der Waals surface area contributed by atoms with Crippen LogP contribution in [0.4, 0.5) is 10.7 Å². The maximum atomic E-state index is 12.5. The third kappa shape index (κ3) is 4.29. The van der Waals surface area contributed by atoms with Gasteiger partial charge in [-0.3, -0.25) is 4.98 Å². The number of hydrogen-bond acceptors (Lipinski definition) is 7. The number of benzene rings is 1. The molecule has 5 rings (SSSR count). The molecule has 2 aromatic heterocycles. The van der Waals surface area contributed by atoms with E-state index >= 15 is 0 Å². The Labute approximate surface area is 191 Å². The molecule has 33 heavy (non-hydrogen) atoms. The lowest BCUT2D eigenvalue weighted by Crippen LogP contribution is -2.45. The Bertz CT molecular complexity index is 1200. The fourth-order valence-corrected chi connectivity index (χ4v) is 4.37. The number of carbonyl (C=O) groups is 1. The Balaban J connectivity index is 1.28. The average Bonchev–Trinajstić information content (AvgIpc) is 3.28. The number of aliphatic hydroxyl groups is 1. The number of nitrogens with two attached hydrogens (primary N) is 1. The number of ether oxygens (including phenoxy) is 1. The number of piperidine rings is 1. The molecule has 0 spiro atoms. The third-order valence-corrected chi connectivity index (χ3v) is 6.23. The first-order valence-electron chi connectivity index (χ1n) is 11.0. The number of pyridine rings is 1. The molecule has 1 saturated heterocycles. The van der Waals surface area contributed by atoms with Crippen LogP contribution in [0.2, 0.25) is 0 Å². The molecule has 0 atom stereocenters. The van der Waals surface area contributed by atoms with E-state index in [9.17, 15) is 9.90 Å². The molecule has 3 heterocycles. The van der Waals surface area contributed by atoms with Crippen LogP contribution >= 0.6 is 0 Å². The van der Waals surface area contributed by atoms with Crippen LogP contribution in [0.3, 0.4) is 0 Å². The first-order chi connectivity index (χ1) is 16.0.